The van der Waals surface area contributed by atoms with Gasteiger partial charge in [0.1, 0.15) is 37.9 Å². The third kappa shape index (κ3) is 19.8. The van der Waals surface area contributed by atoms with Crippen LogP contribution in [0.25, 0.3) is 0 Å². The Labute approximate surface area is 371 Å². The Kier molecular flexibility index (Phi) is 20.1. The normalized spacial score (nSPS) is 12.9. The summed E-state index contributed by atoms with van der Waals surface area (Å²) in [5.41, 5.74) is 4.45. The molecule has 0 saturated heterocycles. The first kappa shape index (κ1) is 53.1. The van der Waals surface area contributed by atoms with Gasteiger partial charge < -0.3 is 39.1 Å². The lowest BCUT2D eigenvalue weighted by molar-refractivity contribution is -0.143. The third-order valence-electron chi connectivity index (χ3n) is 9.84. The van der Waals surface area contributed by atoms with Gasteiger partial charge in [-0.2, -0.15) is 0 Å². The van der Waals surface area contributed by atoms with Crippen LogP contribution in [-0.2, 0) is 50.2 Å². The minimum Gasteiger partial charge on any atom is -0.490 e. The summed E-state index contributed by atoms with van der Waals surface area (Å²) < 4.78 is 34.2. The number of hydrogen-bond acceptors (Lipinski definition) is 10. The van der Waals surface area contributed by atoms with E-state index < -0.39 is 36.3 Å². The summed E-state index contributed by atoms with van der Waals surface area (Å²) in [5.74, 6) is 0.0976. The molecule has 0 saturated carbocycles. The van der Waals surface area contributed by atoms with Crippen molar-refractivity contribution in [2.24, 2.45) is 0 Å². The monoisotopic (exact) mass is 865 g/mol. The van der Waals surface area contributed by atoms with E-state index in [0.717, 1.165) is 35.1 Å². The van der Waals surface area contributed by atoms with Gasteiger partial charge in [-0.25, -0.2) is 19.2 Å². The maximum Gasteiger partial charge on any atom is 0.407 e. The van der Waals surface area contributed by atoms with Crippen LogP contribution in [0.4, 0.5) is 9.59 Å². The molecule has 0 spiro atoms. The SMILES string of the molecule is C=C(C)C(=O)OCC(COc1cc(C(C)(C)C)cc(C(C)(C)C)c1)OC(=O)NCCCCCCNC(=O)OC(COC(=O)C(=C)C)COc1cc(C(C)(C)C)cc(C(C)(C)C)c1. The summed E-state index contributed by atoms with van der Waals surface area (Å²) in [6.45, 7) is 36.3. The fraction of sp³-hybridized carbons (Fsp3) is 0.600. The molecule has 2 rings (SSSR count). The van der Waals surface area contributed by atoms with Gasteiger partial charge in [-0.1, -0.05) is 121 Å². The molecule has 2 aromatic rings. The van der Waals surface area contributed by atoms with Gasteiger partial charge in [-0.3, -0.25) is 0 Å². The molecule has 0 heterocycles. The predicted molar refractivity (Wildman–Crippen MR) is 245 cm³/mol. The van der Waals surface area contributed by atoms with Crippen molar-refractivity contribution >= 4 is 24.1 Å². The van der Waals surface area contributed by atoms with Crippen molar-refractivity contribution in [2.75, 3.05) is 39.5 Å². The summed E-state index contributed by atoms with van der Waals surface area (Å²) >= 11 is 0. The van der Waals surface area contributed by atoms with E-state index in [-0.39, 0.29) is 59.2 Å². The Morgan fingerprint density at radius 1 is 0.484 bits per heavy atom. The second kappa shape index (κ2) is 23.4. The highest BCUT2D eigenvalue weighted by atomic mass is 16.6. The zero-order chi connectivity index (χ0) is 47.1. The number of carbonyl (C=O) groups is 4. The molecule has 0 radical (unpaired) electrons. The van der Waals surface area contributed by atoms with Crippen LogP contribution >= 0.6 is 0 Å². The number of alkyl carbamates (subject to hydrolysis) is 2. The summed E-state index contributed by atoms with van der Waals surface area (Å²) in [6, 6.07) is 12.3. The first-order chi connectivity index (χ1) is 28.6. The summed E-state index contributed by atoms with van der Waals surface area (Å²) in [7, 11) is 0. The maximum atomic E-state index is 12.8. The highest BCUT2D eigenvalue weighted by molar-refractivity contribution is 5.87. The van der Waals surface area contributed by atoms with Gasteiger partial charge in [0.2, 0.25) is 0 Å². The Morgan fingerprint density at radius 3 is 1.03 bits per heavy atom. The van der Waals surface area contributed by atoms with Crippen molar-refractivity contribution in [3.8, 4) is 11.5 Å². The molecule has 12 heteroatoms. The van der Waals surface area contributed by atoms with Crippen molar-refractivity contribution in [3.63, 3.8) is 0 Å². The van der Waals surface area contributed by atoms with E-state index in [1.807, 2.05) is 24.3 Å². The van der Waals surface area contributed by atoms with E-state index in [0.29, 0.717) is 37.4 Å². The molecule has 0 aliphatic heterocycles. The third-order valence-corrected chi connectivity index (χ3v) is 9.84. The van der Waals surface area contributed by atoms with Crippen LogP contribution in [0.5, 0.6) is 11.5 Å². The maximum absolute atomic E-state index is 12.8. The molecule has 0 aliphatic rings. The average Bonchev–Trinajstić information content (AvgIpc) is 3.15. The molecular weight excluding hydrogens is 789 g/mol. The van der Waals surface area contributed by atoms with E-state index in [1.54, 1.807) is 13.8 Å². The quantitative estimate of drug-likeness (QED) is 0.0538. The number of hydrogen-bond donors (Lipinski definition) is 2. The Morgan fingerprint density at radius 2 is 0.774 bits per heavy atom. The molecule has 0 aliphatic carbocycles. The van der Waals surface area contributed by atoms with Crippen molar-refractivity contribution in [2.45, 2.75) is 156 Å². The molecule has 62 heavy (non-hydrogen) atoms. The molecule has 0 fully saturated rings. The standard InChI is InChI=1S/C50H76N2O10/c1-33(2)43(53)59-31-41(29-57-39-25-35(47(5,6)7)23-36(26-39)48(8,9)10)61-45(55)51-21-19-17-18-20-22-52-46(56)62-42(32-60-44(54)34(3)4)30-58-40-27-37(49(11,12)13)24-38(28-40)50(14,15)16/h23-28,41-42H,1,3,17-22,29-32H2,2,4-16H3,(H,51,55)(H,52,56). The fourth-order valence-corrected chi connectivity index (χ4v) is 5.66. The van der Waals surface area contributed by atoms with Crippen LogP contribution in [0, 0.1) is 0 Å². The van der Waals surface area contributed by atoms with Crippen LogP contribution in [0.1, 0.15) is 145 Å². The second-order valence-corrected chi connectivity index (χ2v) is 20.2. The zero-order valence-corrected chi connectivity index (χ0v) is 40.2. The lowest BCUT2D eigenvalue weighted by Crippen LogP contribution is -2.36. The van der Waals surface area contributed by atoms with Crippen molar-refractivity contribution in [1.29, 1.82) is 0 Å². The van der Waals surface area contributed by atoms with Crippen molar-refractivity contribution < 1.29 is 47.6 Å². The number of esters is 2. The van der Waals surface area contributed by atoms with Gasteiger partial charge in [0, 0.05) is 24.2 Å². The molecule has 2 N–H and O–H groups in total. The summed E-state index contributed by atoms with van der Waals surface area (Å²) in [6.07, 6.45) is -0.163. The van der Waals surface area contributed by atoms with Gasteiger partial charge in [0.15, 0.2) is 12.2 Å². The Hall–Kier alpha value is -5.00. The molecule has 2 unspecified atom stereocenters. The first-order valence-electron chi connectivity index (χ1n) is 21.7. The smallest absolute Gasteiger partial charge is 0.407 e. The fourth-order valence-electron chi connectivity index (χ4n) is 5.66. The number of unbranched alkanes of at least 4 members (excludes halogenated alkanes) is 3. The van der Waals surface area contributed by atoms with E-state index in [2.05, 4.69) is 119 Å². The van der Waals surface area contributed by atoms with E-state index in [1.165, 1.54) is 0 Å². The predicted octanol–water partition coefficient (Wildman–Crippen LogP) is 10.3. The van der Waals surface area contributed by atoms with Crippen LogP contribution in [0.2, 0.25) is 0 Å². The van der Waals surface area contributed by atoms with Crippen LogP contribution in [-0.4, -0.2) is 75.9 Å². The molecule has 346 valence electrons. The van der Waals surface area contributed by atoms with E-state index in [9.17, 15) is 19.2 Å². The number of rotatable bonds is 21. The van der Waals surface area contributed by atoms with Crippen molar-refractivity contribution in [1.82, 2.24) is 10.6 Å². The zero-order valence-electron chi connectivity index (χ0n) is 40.2. The number of nitrogens with one attached hydrogen (secondary N) is 2. The lowest BCUT2D eigenvalue weighted by atomic mass is 9.80. The Balaban J connectivity index is 1.89. The molecule has 12 nitrogen and oxygen atoms in total. The van der Waals surface area contributed by atoms with Gasteiger partial charge in [-0.15, -0.1) is 0 Å². The highest BCUT2D eigenvalue weighted by Gasteiger charge is 2.25. The largest absolute Gasteiger partial charge is 0.490 e. The Bertz CT molecular complexity index is 1640. The van der Waals surface area contributed by atoms with Gasteiger partial charge in [0.05, 0.1) is 0 Å². The number of benzene rings is 2. The van der Waals surface area contributed by atoms with Crippen LogP contribution in [0.15, 0.2) is 60.7 Å². The molecule has 2 atom stereocenters. The first-order valence-corrected chi connectivity index (χ1v) is 21.7. The second-order valence-electron chi connectivity index (χ2n) is 20.2. The minimum atomic E-state index is -0.870. The molecule has 0 aromatic heterocycles. The molecular formula is C50H76N2O10. The van der Waals surface area contributed by atoms with Crippen LogP contribution in [0.3, 0.4) is 0 Å². The number of amides is 2. The van der Waals surface area contributed by atoms with Crippen LogP contribution < -0.4 is 20.1 Å². The minimum absolute atomic E-state index is 0.0273. The van der Waals surface area contributed by atoms with E-state index in [4.69, 9.17) is 28.4 Å². The van der Waals surface area contributed by atoms with Gasteiger partial charge in [-0.05, 0) is 94.9 Å². The number of carbonyl (C=O) groups excluding carboxylic acids is 4. The van der Waals surface area contributed by atoms with Crippen molar-refractivity contribution in [3.05, 3.63) is 83.0 Å². The average molecular weight is 865 g/mol. The molecule has 0 bridgehead atoms. The van der Waals surface area contributed by atoms with Gasteiger partial charge in [0.25, 0.3) is 0 Å². The van der Waals surface area contributed by atoms with E-state index >= 15 is 0 Å². The highest BCUT2D eigenvalue weighted by Crippen LogP contribution is 2.34. The van der Waals surface area contributed by atoms with Gasteiger partial charge >= 0.3 is 24.1 Å². The molecule has 2 aromatic carbocycles. The topological polar surface area (TPSA) is 148 Å². The lowest BCUT2D eigenvalue weighted by Gasteiger charge is -2.26. The summed E-state index contributed by atoms with van der Waals surface area (Å²) in [4.78, 5) is 50.0. The number of ether oxygens (including phenoxy) is 6. The summed E-state index contributed by atoms with van der Waals surface area (Å²) in [5, 5.41) is 5.53. The molecule has 2 amide bonds.